The van der Waals surface area contributed by atoms with Crippen LogP contribution in [0.25, 0.3) is 0 Å². The first-order valence-corrected chi connectivity index (χ1v) is 13.5. The van der Waals surface area contributed by atoms with Crippen LogP contribution in [0.3, 0.4) is 0 Å². The number of unbranched alkanes of at least 4 members (excludes halogenated alkanes) is 15. The number of carbonyl (C=O) groups excluding carboxylic acids is 1. The van der Waals surface area contributed by atoms with Crippen LogP contribution in [-0.2, 0) is 9.53 Å². The molecule has 0 saturated heterocycles. The van der Waals surface area contributed by atoms with Gasteiger partial charge in [-0.3, -0.25) is 0 Å². The van der Waals surface area contributed by atoms with Gasteiger partial charge in [-0.05, 0) is 39.0 Å². The Bertz CT molecular complexity index is 411. The molecule has 0 aromatic carbocycles. The molecule has 0 aromatic rings. The molecule has 0 bridgehead atoms. The van der Waals surface area contributed by atoms with Crippen molar-refractivity contribution in [2.45, 2.75) is 156 Å². The molecule has 30 heavy (non-hydrogen) atoms. The summed E-state index contributed by atoms with van der Waals surface area (Å²) < 4.78 is 5.60. The largest absolute Gasteiger partial charge is 0.462 e. The SMILES string of the molecule is CCCCCCCCCCC(CCCCCC)=C(C)C(=O)OCCCCCCCC. The predicted octanol–water partition coefficient (Wildman–Crippen LogP) is 9.71. The number of carbonyl (C=O) groups is 1. The summed E-state index contributed by atoms with van der Waals surface area (Å²) >= 11 is 0. The zero-order chi connectivity index (χ0) is 22.3. The van der Waals surface area contributed by atoms with Gasteiger partial charge in [-0.2, -0.15) is 0 Å². The van der Waals surface area contributed by atoms with Crippen LogP contribution in [0.4, 0.5) is 0 Å². The van der Waals surface area contributed by atoms with Crippen molar-refractivity contribution < 1.29 is 9.53 Å². The Morgan fingerprint density at radius 2 is 0.900 bits per heavy atom. The highest BCUT2D eigenvalue weighted by atomic mass is 16.5. The van der Waals surface area contributed by atoms with Gasteiger partial charge in [-0.25, -0.2) is 4.79 Å². The van der Waals surface area contributed by atoms with Gasteiger partial charge in [0.15, 0.2) is 0 Å². The summed E-state index contributed by atoms with van der Waals surface area (Å²) in [6, 6.07) is 0. The van der Waals surface area contributed by atoms with E-state index in [1.54, 1.807) is 0 Å². The van der Waals surface area contributed by atoms with Crippen LogP contribution in [0.5, 0.6) is 0 Å². The van der Waals surface area contributed by atoms with Crippen molar-refractivity contribution in [2.75, 3.05) is 6.61 Å². The van der Waals surface area contributed by atoms with Crippen molar-refractivity contribution >= 4 is 5.97 Å². The summed E-state index contributed by atoms with van der Waals surface area (Å²) in [6.07, 6.45) is 25.3. The molecule has 0 unspecified atom stereocenters. The molecule has 0 rings (SSSR count). The quantitative estimate of drug-likeness (QED) is 0.0985. The highest BCUT2D eigenvalue weighted by Crippen LogP contribution is 2.22. The van der Waals surface area contributed by atoms with Crippen LogP contribution >= 0.6 is 0 Å². The van der Waals surface area contributed by atoms with Crippen LogP contribution in [0.2, 0.25) is 0 Å². The lowest BCUT2D eigenvalue weighted by molar-refractivity contribution is -0.139. The van der Waals surface area contributed by atoms with Gasteiger partial charge < -0.3 is 4.74 Å². The zero-order valence-corrected chi connectivity index (χ0v) is 21.2. The van der Waals surface area contributed by atoms with Gasteiger partial charge >= 0.3 is 5.97 Å². The van der Waals surface area contributed by atoms with E-state index in [-0.39, 0.29) is 5.97 Å². The second-order valence-corrected chi connectivity index (χ2v) is 9.17. The second-order valence-electron chi connectivity index (χ2n) is 9.17. The van der Waals surface area contributed by atoms with Gasteiger partial charge in [0.1, 0.15) is 0 Å². The van der Waals surface area contributed by atoms with Crippen molar-refractivity contribution in [1.82, 2.24) is 0 Å². The monoisotopic (exact) mass is 422 g/mol. The lowest BCUT2D eigenvalue weighted by atomic mass is 9.96. The van der Waals surface area contributed by atoms with E-state index < -0.39 is 0 Å². The molecule has 2 nitrogen and oxygen atoms in total. The molecule has 0 spiro atoms. The third-order valence-electron chi connectivity index (χ3n) is 6.23. The molecule has 0 atom stereocenters. The van der Waals surface area contributed by atoms with E-state index in [1.807, 2.05) is 6.92 Å². The summed E-state index contributed by atoms with van der Waals surface area (Å²) in [6.45, 7) is 9.36. The van der Waals surface area contributed by atoms with Crippen molar-refractivity contribution in [1.29, 1.82) is 0 Å². The van der Waals surface area contributed by atoms with Gasteiger partial charge in [0.2, 0.25) is 0 Å². The molecule has 178 valence electrons. The topological polar surface area (TPSA) is 26.3 Å². The van der Waals surface area contributed by atoms with Gasteiger partial charge in [0, 0.05) is 5.57 Å². The molecule has 0 amide bonds. The predicted molar refractivity (Wildman–Crippen MR) is 133 cm³/mol. The standard InChI is InChI=1S/C28H54O2/c1-5-8-11-14-16-17-18-21-24-27(23-20-13-10-7-3)26(4)28(29)30-25-22-19-15-12-9-6-2/h5-25H2,1-4H3. The van der Waals surface area contributed by atoms with Crippen molar-refractivity contribution in [2.24, 2.45) is 0 Å². The van der Waals surface area contributed by atoms with Crippen molar-refractivity contribution in [3.8, 4) is 0 Å². The summed E-state index contributed by atoms with van der Waals surface area (Å²) in [5.74, 6) is -0.0615. The number of hydrogen-bond acceptors (Lipinski definition) is 2. The number of hydrogen-bond donors (Lipinski definition) is 0. The number of rotatable bonds is 22. The van der Waals surface area contributed by atoms with Crippen molar-refractivity contribution in [3.05, 3.63) is 11.1 Å². The van der Waals surface area contributed by atoms with Crippen LogP contribution in [0.1, 0.15) is 156 Å². The highest BCUT2D eigenvalue weighted by Gasteiger charge is 2.12. The summed E-state index contributed by atoms with van der Waals surface area (Å²) in [5, 5.41) is 0. The molecule has 0 heterocycles. The Hall–Kier alpha value is -0.790. The first-order valence-electron chi connectivity index (χ1n) is 13.5. The fourth-order valence-corrected chi connectivity index (χ4v) is 4.04. The van der Waals surface area contributed by atoms with E-state index in [0.717, 1.165) is 24.8 Å². The molecular weight excluding hydrogens is 368 g/mol. The molecule has 0 saturated carbocycles. The third kappa shape index (κ3) is 18.0. The van der Waals surface area contributed by atoms with Crippen LogP contribution in [0.15, 0.2) is 11.1 Å². The molecule has 0 aliphatic carbocycles. The van der Waals surface area contributed by atoms with Crippen LogP contribution in [0, 0.1) is 0 Å². The number of ether oxygens (including phenoxy) is 1. The maximum atomic E-state index is 12.6. The minimum absolute atomic E-state index is 0.0615. The Morgan fingerprint density at radius 1 is 0.533 bits per heavy atom. The Morgan fingerprint density at radius 3 is 1.37 bits per heavy atom. The molecule has 0 N–H and O–H groups in total. The smallest absolute Gasteiger partial charge is 0.333 e. The molecule has 0 radical (unpaired) electrons. The highest BCUT2D eigenvalue weighted by molar-refractivity contribution is 5.88. The van der Waals surface area contributed by atoms with E-state index in [4.69, 9.17) is 4.74 Å². The Balaban J connectivity index is 4.30. The fraction of sp³-hybridized carbons (Fsp3) is 0.893. The molecule has 0 fully saturated rings. The minimum atomic E-state index is -0.0615. The van der Waals surface area contributed by atoms with Gasteiger partial charge in [-0.1, -0.05) is 123 Å². The lowest BCUT2D eigenvalue weighted by Crippen LogP contribution is -2.10. The van der Waals surface area contributed by atoms with Crippen molar-refractivity contribution in [3.63, 3.8) is 0 Å². The molecular formula is C28H54O2. The summed E-state index contributed by atoms with van der Waals surface area (Å²) in [5.41, 5.74) is 2.27. The van der Waals surface area contributed by atoms with Gasteiger partial charge in [0.25, 0.3) is 0 Å². The molecule has 0 aliphatic heterocycles. The maximum absolute atomic E-state index is 12.6. The van der Waals surface area contributed by atoms with E-state index >= 15 is 0 Å². The first-order chi connectivity index (χ1) is 14.7. The second kappa shape index (κ2) is 22.9. The maximum Gasteiger partial charge on any atom is 0.333 e. The van der Waals surface area contributed by atoms with E-state index in [2.05, 4.69) is 20.8 Å². The normalized spacial score (nSPS) is 12.1. The minimum Gasteiger partial charge on any atom is -0.462 e. The Labute approximate surface area is 189 Å². The number of esters is 1. The van der Waals surface area contributed by atoms with E-state index in [9.17, 15) is 4.79 Å². The van der Waals surface area contributed by atoms with E-state index in [0.29, 0.717) is 6.61 Å². The molecule has 0 aliphatic rings. The zero-order valence-electron chi connectivity index (χ0n) is 21.2. The van der Waals surface area contributed by atoms with Crippen LogP contribution in [-0.4, -0.2) is 12.6 Å². The average molecular weight is 423 g/mol. The fourth-order valence-electron chi connectivity index (χ4n) is 4.04. The summed E-state index contributed by atoms with van der Waals surface area (Å²) in [7, 11) is 0. The van der Waals surface area contributed by atoms with Gasteiger partial charge in [0.05, 0.1) is 6.61 Å². The molecule has 2 heteroatoms. The number of allylic oxidation sites excluding steroid dienone is 1. The average Bonchev–Trinajstić information content (AvgIpc) is 2.75. The summed E-state index contributed by atoms with van der Waals surface area (Å²) in [4.78, 5) is 12.6. The van der Waals surface area contributed by atoms with Gasteiger partial charge in [-0.15, -0.1) is 0 Å². The van der Waals surface area contributed by atoms with Crippen LogP contribution < -0.4 is 0 Å². The third-order valence-corrected chi connectivity index (χ3v) is 6.23. The lowest BCUT2D eigenvalue weighted by Gasteiger charge is -2.13. The molecule has 0 aromatic heterocycles. The first kappa shape index (κ1) is 29.2. The Kier molecular flexibility index (Phi) is 22.3. The van der Waals surface area contributed by atoms with E-state index in [1.165, 1.54) is 115 Å².